The quantitative estimate of drug-likeness (QED) is 0.737. The Hall–Kier alpha value is -1.06. The molecule has 1 rings (SSSR count). The molecule has 1 aromatic rings. The molecule has 4 heteroatoms. The number of carbonyl (C=O) groups is 1. The zero-order valence-electron chi connectivity index (χ0n) is 12.5. The van der Waals surface area contributed by atoms with Gasteiger partial charge in [0.1, 0.15) is 0 Å². The van der Waals surface area contributed by atoms with Crippen LogP contribution in [-0.4, -0.2) is 35.6 Å². The predicted molar refractivity (Wildman–Crippen MR) is 83.4 cm³/mol. The van der Waals surface area contributed by atoms with Crippen molar-refractivity contribution in [3.8, 4) is 0 Å². The number of halogens is 1. The highest BCUT2D eigenvalue weighted by atomic mass is 35.5. The lowest BCUT2D eigenvalue weighted by atomic mass is 9.93. The van der Waals surface area contributed by atoms with E-state index in [1.165, 1.54) is 5.56 Å². The Morgan fingerprint density at radius 1 is 1.25 bits per heavy atom. The normalized spacial score (nSPS) is 14.2. The van der Waals surface area contributed by atoms with Crippen LogP contribution >= 0.6 is 11.6 Å². The second-order valence-electron chi connectivity index (χ2n) is 5.41. The molecule has 3 nitrogen and oxygen atoms in total. The van der Waals surface area contributed by atoms with Gasteiger partial charge in [-0.3, -0.25) is 4.79 Å². The number of aliphatic carboxylic acids is 1. The standard InChI is InChI=1S/C16H24ClNO2/c1-12(14-7-9-15(17)10-8-14)13(2)18(3)11-5-4-6-16(19)20/h7-10,12-13H,4-6,11H2,1-3H3,(H,19,20). The minimum Gasteiger partial charge on any atom is -0.481 e. The van der Waals surface area contributed by atoms with Crippen LogP contribution in [0.3, 0.4) is 0 Å². The van der Waals surface area contributed by atoms with Gasteiger partial charge < -0.3 is 10.0 Å². The van der Waals surface area contributed by atoms with Gasteiger partial charge in [0.2, 0.25) is 0 Å². The molecule has 20 heavy (non-hydrogen) atoms. The summed E-state index contributed by atoms with van der Waals surface area (Å²) in [5.74, 6) is -0.299. The van der Waals surface area contributed by atoms with Crippen LogP contribution in [-0.2, 0) is 4.79 Å². The Balaban J connectivity index is 2.44. The molecule has 0 aliphatic rings. The SMILES string of the molecule is CC(c1ccc(Cl)cc1)C(C)N(C)CCCCC(=O)O. The highest BCUT2D eigenvalue weighted by Crippen LogP contribution is 2.24. The maximum absolute atomic E-state index is 10.5. The van der Waals surface area contributed by atoms with E-state index in [9.17, 15) is 4.79 Å². The van der Waals surface area contributed by atoms with Crippen molar-refractivity contribution in [1.82, 2.24) is 4.90 Å². The van der Waals surface area contributed by atoms with Crippen molar-refractivity contribution in [2.24, 2.45) is 0 Å². The molecule has 0 amide bonds. The largest absolute Gasteiger partial charge is 0.481 e. The minimum atomic E-state index is -0.713. The van der Waals surface area contributed by atoms with Crippen LogP contribution in [0.25, 0.3) is 0 Å². The molecule has 0 saturated carbocycles. The number of unbranched alkanes of at least 4 members (excludes halogenated alkanes) is 1. The summed E-state index contributed by atoms with van der Waals surface area (Å²) >= 11 is 5.91. The Kier molecular flexibility index (Phi) is 7.03. The molecule has 0 spiro atoms. The summed E-state index contributed by atoms with van der Waals surface area (Å²) in [6, 6.07) is 8.39. The molecule has 0 aliphatic heterocycles. The van der Waals surface area contributed by atoms with Crippen molar-refractivity contribution in [2.75, 3.05) is 13.6 Å². The molecule has 2 unspecified atom stereocenters. The lowest BCUT2D eigenvalue weighted by molar-refractivity contribution is -0.137. The Bertz CT molecular complexity index is 419. The molecular weight excluding hydrogens is 274 g/mol. The Morgan fingerprint density at radius 3 is 2.40 bits per heavy atom. The smallest absolute Gasteiger partial charge is 0.303 e. The van der Waals surface area contributed by atoms with E-state index in [-0.39, 0.29) is 6.42 Å². The van der Waals surface area contributed by atoms with Gasteiger partial charge in [-0.2, -0.15) is 0 Å². The highest BCUT2D eigenvalue weighted by Gasteiger charge is 2.18. The molecule has 0 fully saturated rings. The number of nitrogens with zero attached hydrogens (tertiary/aromatic N) is 1. The lowest BCUT2D eigenvalue weighted by Crippen LogP contribution is -2.34. The molecule has 1 aromatic carbocycles. The molecule has 1 N–H and O–H groups in total. The number of hydrogen-bond acceptors (Lipinski definition) is 2. The molecule has 0 aliphatic carbocycles. The number of hydrogen-bond donors (Lipinski definition) is 1. The fourth-order valence-corrected chi connectivity index (χ4v) is 2.39. The molecule has 2 atom stereocenters. The number of carboxylic acid groups (broad SMARTS) is 1. The Morgan fingerprint density at radius 2 is 1.85 bits per heavy atom. The second-order valence-corrected chi connectivity index (χ2v) is 5.85. The maximum Gasteiger partial charge on any atom is 0.303 e. The van der Waals surface area contributed by atoms with E-state index in [0.717, 1.165) is 24.4 Å². The maximum atomic E-state index is 10.5. The third-order valence-electron chi connectivity index (χ3n) is 3.97. The number of benzene rings is 1. The van der Waals surface area contributed by atoms with Crippen molar-refractivity contribution in [3.63, 3.8) is 0 Å². The number of rotatable bonds is 8. The van der Waals surface area contributed by atoms with Crippen molar-refractivity contribution in [3.05, 3.63) is 34.9 Å². The third-order valence-corrected chi connectivity index (χ3v) is 4.22. The lowest BCUT2D eigenvalue weighted by Gasteiger charge is -2.30. The van der Waals surface area contributed by atoms with Crippen molar-refractivity contribution < 1.29 is 9.90 Å². The van der Waals surface area contributed by atoms with Gasteiger partial charge in [-0.25, -0.2) is 0 Å². The van der Waals surface area contributed by atoms with Gasteiger partial charge in [0.25, 0.3) is 0 Å². The van der Waals surface area contributed by atoms with Gasteiger partial charge in [0, 0.05) is 17.5 Å². The minimum absolute atomic E-state index is 0.259. The van der Waals surface area contributed by atoms with Gasteiger partial charge in [0.05, 0.1) is 0 Å². The first kappa shape index (κ1) is 17.0. The van der Waals surface area contributed by atoms with Crippen LogP contribution in [0.1, 0.15) is 44.6 Å². The summed E-state index contributed by atoms with van der Waals surface area (Å²) in [6.07, 6.45) is 1.91. The molecule has 0 saturated heterocycles. The van der Waals surface area contributed by atoms with Crippen LogP contribution in [0.15, 0.2) is 24.3 Å². The highest BCUT2D eigenvalue weighted by molar-refractivity contribution is 6.30. The van der Waals surface area contributed by atoms with E-state index in [4.69, 9.17) is 16.7 Å². The monoisotopic (exact) mass is 297 g/mol. The fourth-order valence-electron chi connectivity index (χ4n) is 2.27. The van der Waals surface area contributed by atoms with Crippen LogP contribution in [0.4, 0.5) is 0 Å². The van der Waals surface area contributed by atoms with Gasteiger partial charge in [-0.1, -0.05) is 30.7 Å². The van der Waals surface area contributed by atoms with E-state index < -0.39 is 5.97 Å². The molecule has 0 aromatic heterocycles. The molecule has 0 bridgehead atoms. The first-order valence-electron chi connectivity index (χ1n) is 7.09. The van der Waals surface area contributed by atoms with Crippen molar-refractivity contribution >= 4 is 17.6 Å². The first-order chi connectivity index (χ1) is 9.41. The van der Waals surface area contributed by atoms with Crippen LogP contribution in [0, 0.1) is 0 Å². The summed E-state index contributed by atoms with van der Waals surface area (Å²) in [4.78, 5) is 12.8. The summed E-state index contributed by atoms with van der Waals surface area (Å²) in [5.41, 5.74) is 1.28. The zero-order chi connectivity index (χ0) is 15.1. The number of likely N-dealkylation sites (N-methyl/N-ethyl adjacent to an activating group) is 1. The molecule has 0 heterocycles. The average molecular weight is 298 g/mol. The van der Waals surface area contributed by atoms with E-state index in [0.29, 0.717) is 12.0 Å². The van der Waals surface area contributed by atoms with Crippen molar-refractivity contribution in [2.45, 2.75) is 45.1 Å². The molecular formula is C16H24ClNO2. The van der Waals surface area contributed by atoms with Gasteiger partial charge >= 0.3 is 5.97 Å². The zero-order valence-corrected chi connectivity index (χ0v) is 13.2. The van der Waals surface area contributed by atoms with Gasteiger partial charge in [-0.15, -0.1) is 0 Å². The Labute approximate surface area is 126 Å². The summed E-state index contributed by atoms with van der Waals surface area (Å²) in [7, 11) is 2.10. The van der Waals surface area contributed by atoms with E-state index in [1.807, 2.05) is 12.1 Å². The van der Waals surface area contributed by atoms with Crippen LogP contribution in [0.2, 0.25) is 5.02 Å². The fraction of sp³-hybridized carbons (Fsp3) is 0.562. The van der Waals surface area contributed by atoms with Gasteiger partial charge in [0.15, 0.2) is 0 Å². The van der Waals surface area contributed by atoms with E-state index in [1.54, 1.807) is 0 Å². The van der Waals surface area contributed by atoms with Crippen LogP contribution < -0.4 is 0 Å². The summed E-state index contributed by atoms with van der Waals surface area (Å²) in [6.45, 7) is 5.34. The third kappa shape index (κ3) is 5.51. The molecule has 0 radical (unpaired) electrons. The second kappa shape index (κ2) is 8.28. The predicted octanol–water partition coefficient (Wildman–Crippen LogP) is 4.02. The van der Waals surface area contributed by atoms with E-state index in [2.05, 4.69) is 37.9 Å². The number of carboxylic acids is 1. The van der Waals surface area contributed by atoms with Gasteiger partial charge in [-0.05, 0) is 57.0 Å². The summed E-state index contributed by atoms with van der Waals surface area (Å²) < 4.78 is 0. The first-order valence-corrected chi connectivity index (χ1v) is 7.47. The van der Waals surface area contributed by atoms with E-state index >= 15 is 0 Å². The average Bonchev–Trinajstić information content (AvgIpc) is 2.42. The van der Waals surface area contributed by atoms with Crippen LogP contribution in [0.5, 0.6) is 0 Å². The summed E-state index contributed by atoms with van der Waals surface area (Å²) in [5, 5.41) is 9.38. The molecule has 112 valence electrons. The van der Waals surface area contributed by atoms with Crippen molar-refractivity contribution in [1.29, 1.82) is 0 Å². The topological polar surface area (TPSA) is 40.5 Å².